The predicted octanol–water partition coefficient (Wildman–Crippen LogP) is 4.19. The number of carbonyl (C=O) groups is 1. The average Bonchev–Trinajstić information content (AvgIpc) is 3.08. The number of benzene rings is 1. The summed E-state index contributed by atoms with van der Waals surface area (Å²) in [5.41, 5.74) is 0.882. The van der Waals surface area contributed by atoms with Gasteiger partial charge >= 0.3 is 0 Å². The van der Waals surface area contributed by atoms with Gasteiger partial charge in [-0.05, 0) is 55.2 Å². The van der Waals surface area contributed by atoms with Crippen LogP contribution in [-0.2, 0) is 4.79 Å². The maximum absolute atomic E-state index is 13.5. The number of carbonyl (C=O) groups excluding carboxylic acids is 1. The van der Waals surface area contributed by atoms with E-state index in [2.05, 4.69) is 5.10 Å². The summed E-state index contributed by atoms with van der Waals surface area (Å²) in [7, 11) is 0. The molecule has 0 radical (unpaired) electrons. The van der Waals surface area contributed by atoms with Gasteiger partial charge in [-0.2, -0.15) is 5.10 Å². The summed E-state index contributed by atoms with van der Waals surface area (Å²) in [5.74, 6) is -1.22. The van der Waals surface area contributed by atoms with E-state index in [9.17, 15) is 13.6 Å². The summed E-state index contributed by atoms with van der Waals surface area (Å²) < 4.78 is 27.0. The standard InChI is InChI=1S/C18H20F2N2O/c19-14-8-13(9-15(20)10-14)16-3-7-21-22(16)17(23)12-2-1-4-18(11-12)5-6-18/h7-10,12,16H,1-6,11H2. The van der Waals surface area contributed by atoms with Gasteiger partial charge in [-0.3, -0.25) is 4.79 Å². The topological polar surface area (TPSA) is 32.7 Å². The molecule has 23 heavy (non-hydrogen) atoms. The van der Waals surface area contributed by atoms with Crippen LogP contribution >= 0.6 is 0 Å². The van der Waals surface area contributed by atoms with E-state index in [4.69, 9.17) is 0 Å². The highest BCUT2D eigenvalue weighted by atomic mass is 19.1. The lowest BCUT2D eigenvalue weighted by atomic mass is 9.78. The molecule has 1 aromatic rings. The second-order valence-corrected chi connectivity index (χ2v) is 7.23. The summed E-state index contributed by atoms with van der Waals surface area (Å²) in [6.45, 7) is 0. The summed E-state index contributed by atoms with van der Waals surface area (Å²) in [5, 5.41) is 5.67. The van der Waals surface area contributed by atoms with Gasteiger partial charge in [-0.15, -0.1) is 0 Å². The molecule has 3 nitrogen and oxygen atoms in total. The van der Waals surface area contributed by atoms with E-state index >= 15 is 0 Å². The van der Waals surface area contributed by atoms with Crippen LogP contribution in [0.1, 0.15) is 56.6 Å². The van der Waals surface area contributed by atoms with Gasteiger partial charge in [0.25, 0.3) is 0 Å². The quantitative estimate of drug-likeness (QED) is 0.804. The third-order valence-corrected chi connectivity index (χ3v) is 5.57. The van der Waals surface area contributed by atoms with Gasteiger partial charge in [0.15, 0.2) is 0 Å². The van der Waals surface area contributed by atoms with Crippen molar-refractivity contribution < 1.29 is 13.6 Å². The molecule has 2 saturated carbocycles. The van der Waals surface area contributed by atoms with Gasteiger partial charge in [-0.1, -0.05) is 6.42 Å². The van der Waals surface area contributed by atoms with Crippen molar-refractivity contribution in [1.29, 1.82) is 0 Å². The van der Waals surface area contributed by atoms with Crippen LogP contribution < -0.4 is 0 Å². The zero-order valence-corrected chi connectivity index (χ0v) is 13.0. The Morgan fingerprint density at radius 3 is 2.61 bits per heavy atom. The Kier molecular flexibility index (Phi) is 3.47. The molecule has 0 saturated heterocycles. The predicted molar refractivity (Wildman–Crippen MR) is 82.7 cm³/mol. The summed E-state index contributed by atoms with van der Waals surface area (Å²) in [4.78, 5) is 12.9. The van der Waals surface area contributed by atoms with Crippen LogP contribution in [0.2, 0.25) is 0 Å². The fourth-order valence-electron chi connectivity index (χ4n) is 4.15. The van der Waals surface area contributed by atoms with E-state index in [1.807, 2.05) is 0 Å². The molecule has 3 aliphatic rings. The van der Waals surface area contributed by atoms with Crippen molar-refractivity contribution in [1.82, 2.24) is 5.01 Å². The third kappa shape index (κ3) is 2.77. The molecule has 1 amide bonds. The number of rotatable bonds is 2. The van der Waals surface area contributed by atoms with E-state index < -0.39 is 11.6 Å². The SMILES string of the molecule is O=C(C1CCCC2(CC2)C1)N1N=CCC1c1cc(F)cc(F)c1. The lowest BCUT2D eigenvalue weighted by molar-refractivity contribution is -0.139. The molecule has 2 unspecified atom stereocenters. The van der Waals surface area contributed by atoms with Crippen molar-refractivity contribution in [3.05, 3.63) is 35.4 Å². The molecule has 1 aromatic carbocycles. The lowest BCUT2D eigenvalue weighted by Gasteiger charge is -2.32. The van der Waals surface area contributed by atoms with Crippen molar-refractivity contribution in [2.45, 2.75) is 51.0 Å². The number of hydrazone groups is 1. The van der Waals surface area contributed by atoms with Crippen molar-refractivity contribution >= 4 is 12.1 Å². The minimum Gasteiger partial charge on any atom is -0.273 e. The Morgan fingerprint density at radius 1 is 1.17 bits per heavy atom. The van der Waals surface area contributed by atoms with Gasteiger partial charge in [0.05, 0.1) is 6.04 Å². The van der Waals surface area contributed by atoms with Gasteiger partial charge < -0.3 is 0 Å². The van der Waals surface area contributed by atoms with Gasteiger partial charge in [0, 0.05) is 24.6 Å². The highest BCUT2D eigenvalue weighted by Gasteiger charge is 2.48. The molecule has 1 spiro atoms. The van der Waals surface area contributed by atoms with Crippen LogP contribution in [0.5, 0.6) is 0 Å². The molecule has 2 fully saturated rings. The van der Waals surface area contributed by atoms with Crippen LogP contribution in [-0.4, -0.2) is 17.1 Å². The molecule has 0 bridgehead atoms. The van der Waals surface area contributed by atoms with Crippen LogP contribution in [0, 0.1) is 23.0 Å². The monoisotopic (exact) mass is 318 g/mol. The Labute approximate surface area is 134 Å². The first-order chi connectivity index (χ1) is 11.1. The third-order valence-electron chi connectivity index (χ3n) is 5.57. The number of hydrogen-bond donors (Lipinski definition) is 0. The largest absolute Gasteiger partial charge is 0.273 e. The molecule has 4 rings (SSSR count). The second kappa shape index (κ2) is 5.39. The zero-order valence-electron chi connectivity index (χ0n) is 13.0. The number of nitrogens with zero attached hydrogens (tertiary/aromatic N) is 2. The fraction of sp³-hybridized carbons (Fsp3) is 0.556. The second-order valence-electron chi connectivity index (χ2n) is 7.23. The molecule has 122 valence electrons. The summed E-state index contributed by atoms with van der Waals surface area (Å²) in [6.07, 6.45) is 8.81. The van der Waals surface area contributed by atoms with Gasteiger partial charge in [0.2, 0.25) is 5.91 Å². The highest BCUT2D eigenvalue weighted by Crippen LogP contribution is 2.58. The summed E-state index contributed by atoms with van der Waals surface area (Å²) >= 11 is 0. The minimum atomic E-state index is -0.617. The Hall–Kier alpha value is -1.78. The number of hydrogen-bond acceptors (Lipinski definition) is 2. The number of amides is 1. The first-order valence-corrected chi connectivity index (χ1v) is 8.38. The van der Waals surface area contributed by atoms with Crippen LogP contribution in [0.15, 0.2) is 23.3 Å². The maximum atomic E-state index is 13.5. The smallest absolute Gasteiger partial charge is 0.246 e. The van der Waals surface area contributed by atoms with E-state index in [1.165, 1.54) is 36.4 Å². The van der Waals surface area contributed by atoms with E-state index in [0.717, 1.165) is 25.3 Å². The Morgan fingerprint density at radius 2 is 1.91 bits per heavy atom. The van der Waals surface area contributed by atoms with Gasteiger partial charge in [-0.25, -0.2) is 13.8 Å². The van der Waals surface area contributed by atoms with Crippen molar-refractivity contribution in [2.75, 3.05) is 0 Å². The Balaban J connectivity index is 1.54. The molecule has 2 atom stereocenters. The zero-order chi connectivity index (χ0) is 16.0. The minimum absolute atomic E-state index is 0.00223. The first-order valence-electron chi connectivity index (χ1n) is 8.38. The van der Waals surface area contributed by atoms with E-state index in [1.54, 1.807) is 6.21 Å². The molecule has 1 aliphatic heterocycles. The molecular weight excluding hydrogens is 298 g/mol. The lowest BCUT2D eigenvalue weighted by Crippen LogP contribution is -2.35. The maximum Gasteiger partial charge on any atom is 0.246 e. The molecule has 0 N–H and O–H groups in total. The van der Waals surface area contributed by atoms with E-state index in [0.29, 0.717) is 17.4 Å². The van der Waals surface area contributed by atoms with Crippen molar-refractivity contribution in [3.63, 3.8) is 0 Å². The average molecular weight is 318 g/mol. The first kappa shape index (κ1) is 14.8. The molecule has 0 aromatic heterocycles. The van der Waals surface area contributed by atoms with Gasteiger partial charge in [0.1, 0.15) is 11.6 Å². The van der Waals surface area contributed by atoms with Crippen molar-refractivity contribution in [2.24, 2.45) is 16.4 Å². The van der Waals surface area contributed by atoms with Crippen molar-refractivity contribution in [3.8, 4) is 0 Å². The Bertz CT molecular complexity index is 649. The number of halogens is 2. The van der Waals surface area contributed by atoms with Crippen LogP contribution in [0.4, 0.5) is 8.78 Å². The summed E-state index contributed by atoms with van der Waals surface area (Å²) in [6, 6.07) is 3.06. The molecule has 1 heterocycles. The van der Waals surface area contributed by atoms with Crippen LogP contribution in [0.25, 0.3) is 0 Å². The van der Waals surface area contributed by atoms with E-state index in [-0.39, 0.29) is 17.9 Å². The molecule has 5 heteroatoms. The normalized spacial score (nSPS) is 28.3. The highest BCUT2D eigenvalue weighted by molar-refractivity contribution is 5.82. The van der Waals surface area contributed by atoms with Crippen LogP contribution in [0.3, 0.4) is 0 Å². The fourth-order valence-corrected chi connectivity index (χ4v) is 4.15. The molecular formula is C18H20F2N2O. The molecule has 2 aliphatic carbocycles.